The van der Waals surface area contributed by atoms with Gasteiger partial charge in [0.2, 0.25) is 11.6 Å². The summed E-state index contributed by atoms with van der Waals surface area (Å²) in [5, 5.41) is 16.4. The first kappa shape index (κ1) is 29.0. The number of piperazine rings is 1. The molecular formula is C32H40BrN5O5. The fourth-order valence-electron chi connectivity index (χ4n) is 8.30. The third-order valence-corrected chi connectivity index (χ3v) is 11.1. The van der Waals surface area contributed by atoms with Crippen molar-refractivity contribution in [3.05, 3.63) is 41.6 Å². The van der Waals surface area contributed by atoms with Gasteiger partial charge >= 0.3 is 0 Å². The number of aliphatic hydroxyl groups is 1. The van der Waals surface area contributed by atoms with Gasteiger partial charge in [0.05, 0.1) is 5.92 Å². The molecule has 0 saturated carbocycles. The van der Waals surface area contributed by atoms with Crippen molar-refractivity contribution < 1.29 is 24.2 Å². The molecule has 43 heavy (non-hydrogen) atoms. The van der Waals surface area contributed by atoms with Crippen LogP contribution in [0.1, 0.15) is 64.0 Å². The quantitative estimate of drug-likeness (QED) is 0.325. The number of ether oxygens (including phenoxy) is 1. The van der Waals surface area contributed by atoms with Crippen LogP contribution < -0.4 is 5.32 Å². The second kappa shape index (κ2) is 9.89. The summed E-state index contributed by atoms with van der Waals surface area (Å²) < 4.78 is 4.97. The van der Waals surface area contributed by atoms with Crippen LogP contribution in [-0.2, 0) is 25.5 Å². The number of alkyl halides is 1. The molecule has 11 heteroatoms. The van der Waals surface area contributed by atoms with E-state index < -0.39 is 34.0 Å². The van der Waals surface area contributed by atoms with Gasteiger partial charge in [-0.1, -0.05) is 61.3 Å². The molecule has 0 bridgehead atoms. The Kier molecular flexibility index (Phi) is 6.67. The van der Waals surface area contributed by atoms with Crippen molar-refractivity contribution in [3.8, 4) is 0 Å². The number of amides is 3. The Morgan fingerprint density at radius 2 is 2.07 bits per heavy atom. The Morgan fingerprint density at radius 3 is 2.81 bits per heavy atom. The van der Waals surface area contributed by atoms with E-state index in [-0.39, 0.29) is 36.6 Å². The summed E-state index contributed by atoms with van der Waals surface area (Å²) in [6.45, 7) is 6.80. The maximum absolute atomic E-state index is 14.5. The van der Waals surface area contributed by atoms with Gasteiger partial charge in [-0.05, 0) is 61.4 Å². The number of aromatic amines is 1. The third kappa shape index (κ3) is 4.04. The highest BCUT2D eigenvalue weighted by Crippen LogP contribution is 2.53. The lowest BCUT2D eigenvalue weighted by Gasteiger charge is -2.53. The number of benzene rings is 1. The van der Waals surface area contributed by atoms with Gasteiger partial charge in [0.1, 0.15) is 6.04 Å². The number of carbonyl (C=O) groups excluding carboxylic acids is 3. The normalized spacial score (nSPS) is 35.3. The Morgan fingerprint density at radius 1 is 1.28 bits per heavy atom. The molecule has 0 radical (unpaired) electrons. The lowest BCUT2D eigenvalue weighted by atomic mass is 9.79. The van der Waals surface area contributed by atoms with E-state index in [1.807, 2.05) is 40.0 Å². The second-order valence-corrected chi connectivity index (χ2v) is 14.7. The van der Waals surface area contributed by atoms with Crippen molar-refractivity contribution in [2.24, 2.45) is 11.8 Å². The van der Waals surface area contributed by atoms with Crippen molar-refractivity contribution in [1.29, 1.82) is 0 Å². The molecular weight excluding hydrogens is 614 g/mol. The lowest BCUT2D eigenvalue weighted by Crippen LogP contribution is -2.75. The molecule has 3 saturated heterocycles. The topological polar surface area (TPSA) is 118 Å². The van der Waals surface area contributed by atoms with Crippen LogP contribution in [-0.4, -0.2) is 90.8 Å². The number of hydrogen-bond acceptors (Lipinski definition) is 6. The van der Waals surface area contributed by atoms with Crippen LogP contribution in [0, 0.1) is 11.8 Å². The number of carbonyl (C=O) groups is 3. The molecule has 3 amide bonds. The van der Waals surface area contributed by atoms with E-state index in [9.17, 15) is 19.5 Å². The van der Waals surface area contributed by atoms with Gasteiger partial charge in [0.25, 0.3) is 17.7 Å². The highest BCUT2D eigenvalue weighted by Gasteiger charge is 2.75. The van der Waals surface area contributed by atoms with Gasteiger partial charge < -0.3 is 20.3 Å². The Hall–Kier alpha value is -2.73. The molecule has 7 rings (SSSR count). The van der Waals surface area contributed by atoms with Crippen molar-refractivity contribution in [2.75, 3.05) is 20.1 Å². The fraction of sp³-hybridized carbons (Fsp3) is 0.594. The number of likely N-dealkylation sites (N-methyl/N-ethyl adjacent to an activating group) is 1. The van der Waals surface area contributed by atoms with E-state index in [1.165, 1.54) is 15.8 Å². The molecule has 0 spiro atoms. The Balaban J connectivity index is 1.25. The molecule has 1 aromatic carbocycles. The number of hydrogen-bond donors (Lipinski definition) is 3. The molecule has 2 aromatic rings. The summed E-state index contributed by atoms with van der Waals surface area (Å²) >= 11 is 3.64. The van der Waals surface area contributed by atoms with Gasteiger partial charge in [-0.3, -0.25) is 28.9 Å². The predicted octanol–water partition coefficient (Wildman–Crippen LogP) is 3.30. The average molecular weight is 655 g/mol. The van der Waals surface area contributed by atoms with E-state index in [1.54, 1.807) is 4.90 Å². The van der Waals surface area contributed by atoms with E-state index in [0.717, 1.165) is 23.1 Å². The molecule has 2 unspecified atom stereocenters. The molecule has 230 valence electrons. The van der Waals surface area contributed by atoms with Crippen LogP contribution in [0.25, 0.3) is 16.5 Å². The number of nitrogens with one attached hydrogen (secondary N) is 2. The van der Waals surface area contributed by atoms with Crippen LogP contribution in [0.5, 0.6) is 0 Å². The minimum Gasteiger partial charge on any atom is -0.361 e. The number of fused-ring (bicyclic) bond motifs is 5. The summed E-state index contributed by atoms with van der Waals surface area (Å²) in [6.07, 6.45) is 7.14. The summed E-state index contributed by atoms with van der Waals surface area (Å²) in [5.41, 5.74) is 2.77. The zero-order valence-corrected chi connectivity index (χ0v) is 26.7. The lowest BCUT2D eigenvalue weighted by molar-refractivity contribution is -0.321. The van der Waals surface area contributed by atoms with E-state index in [4.69, 9.17) is 4.74 Å². The second-order valence-electron chi connectivity index (χ2n) is 13.4. The first-order valence-corrected chi connectivity index (χ1v) is 16.3. The van der Waals surface area contributed by atoms with Gasteiger partial charge in [0, 0.05) is 42.7 Å². The zero-order chi connectivity index (χ0) is 30.5. The maximum atomic E-state index is 14.5. The maximum Gasteiger partial charge on any atom is 0.281 e. The molecule has 5 aliphatic rings. The van der Waals surface area contributed by atoms with Crippen LogP contribution in [0.3, 0.4) is 0 Å². The Labute approximate surface area is 259 Å². The van der Waals surface area contributed by atoms with Crippen molar-refractivity contribution in [1.82, 2.24) is 25.0 Å². The fourth-order valence-corrected chi connectivity index (χ4v) is 9.59. The van der Waals surface area contributed by atoms with Gasteiger partial charge in [0.15, 0.2) is 4.45 Å². The van der Waals surface area contributed by atoms with Crippen molar-refractivity contribution >= 4 is 50.1 Å². The predicted molar refractivity (Wildman–Crippen MR) is 164 cm³/mol. The molecule has 1 aliphatic carbocycles. The number of aromatic nitrogens is 1. The molecule has 3 fully saturated rings. The minimum absolute atomic E-state index is 0.0353. The van der Waals surface area contributed by atoms with E-state index >= 15 is 0 Å². The van der Waals surface area contributed by atoms with E-state index in [0.29, 0.717) is 32.4 Å². The van der Waals surface area contributed by atoms with Crippen LogP contribution >= 0.6 is 15.9 Å². The molecule has 10 nitrogen and oxygen atoms in total. The number of rotatable bonds is 6. The summed E-state index contributed by atoms with van der Waals surface area (Å²) in [7, 11) is 2.03. The monoisotopic (exact) mass is 653 g/mol. The number of nitrogens with zero attached hydrogens (tertiary/aromatic N) is 3. The molecule has 6 atom stereocenters. The van der Waals surface area contributed by atoms with Crippen molar-refractivity contribution in [3.63, 3.8) is 0 Å². The minimum atomic E-state index is -2.07. The molecule has 3 N–H and O–H groups in total. The van der Waals surface area contributed by atoms with Gasteiger partial charge in [-0.15, -0.1) is 0 Å². The molecule has 1 aromatic heterocycles. The SMILES string of the molecule is CCC[C@@]1(NC(=O)[C@@H]2C=C3c4cccc5[nH]cc(c45)C[C@H]3N(C)C2)OC2(O)[C@@H]3CCCN3C(=O)C(Br)(CC(C)C)N2C1=O. The standard InChI is InChI=1S/C32H40BrN5O5/c1-5-11-31(29(41)38-30(33,15-18(2)3)28(40)37-12-7-10-25(37)32(38,42)43-31)35-27(39)20-13-22-21-8-6-9-23-26(21)19(16-34-23)14-24(22)36(4)17-20/h6,8-9,13,16,18,20,24-25,34,42H,5,7,10-12,14-15,17H2,1-4H3,(H,35,39)/t20-,24-,25+,30?,31-,32?/m1/s1. The van der Waals surface area contributed by atoms with Crippen LogP contribution in [0.15, 0.2) is 30.5 Å². The first-order chi connectivity index (χ1) is 20.4. The average Bonchev–Trinajstić information content (AvgIpc) is 3.66. The smallest absolute Gasteiger partial charge is 0.281 e. The zero-order valence-electron chi connectivity index (χ0n) is 25.2. The van der Waals surface area contributed by atoms with Crippen LogP contribution in [0.2, 0.25) is 0 Å². The van der Waals surface area contributed by atoms with Crippen molar-refractivity contribution in [2.45, 2.75) is 87.5 Å². The largest absolute Gasteiger partial charge is 0.361 e. The highest BCUT2D eigenvalue weighted by atomic mass is 79.9. The first-order valence-electron chi connectivity index (χ1n) is 15.5. The van der Waals surface area contributed by atoms with E-state index in [2.05, 4.69) is 49.5 Å². The number of H-pyrrole nitrogens is 1. The number of halogens is 1. The molecule has 5 heterocycles. The Bertz CT molecular complexity index is 1560. The summed E-state index contributed by atoms with van der Waals surface area (Å²) in [5.74, 6) is -3.75. The summed E-state index contributed by atoms with van der Waals surface area (Å²) in [6, 6.07) is 5.64. The highest BCUT2D eigenvalue weighted by molar-refractivity contribution is 9.10. The van der Waals surface area contributed by atoms with Crippen LogP contribution in [0.4, 0.5) is 0 Å². The van der Waals surface area contributed by atoms with Gasteiger partial charge in [-0.2, -0.15) is 0 Å². The van der Waals surface area contributed by atoms with Gasteiger partial charge in [-0.25, -0.2) is 0 Å². The summed E-state index contributed by atoms with van der Waals surface area (Å²) in [4.78, 5) is 51.0. The molecule has 4 aliphatic heterocycles. The third-order valence-electron chi connectivity index (χ3n) is 10.0.